The first-order valence-corrected chi connectivity index (χ1v) is 6.77. The summed E-state index contributed by atoms with van der Waals surface area (Å²) >= 11 is 0. The van der Waals surface area contributed by atoms with E-state index in [1.54, 1.807) is 4.31 Å². The summed E-state index contributed by atoms with van der Waals surface area (Å²) < 4.78 is 20.8. The Balaban J connectivity index is 4.03. The fourth-order valence-corrected chi connectivity index (χ4v) is 2.20. The highest BCUT2D eigenvalue weighted by atomic mass is 32.3. The molecule has 0 aliphatic rings. The van der Waals surface area contributed by atoms with E-state index in [4.69, 9.17) is 0 Å². The topological polar surface area (TPSA) is 43.7 Å². The van der Waals surface area contributed by atoms with E-state index in [1.807, 2.05) is 0 Å². The molecule has 0 fully saturated rings. The maximum atomic E-state index is 9.52. The first-order valence-electron chi connectivity index (χ1n) is 4.86. The molecule has 0 aliphatic carbocycles. The second-order valence-electron chi connectivity index (χ2n) is 3.93. The average molecular weight is 209 g/mol. The highest BCUT2D eigenvalue weighted by Crippen LogP contribution is 2.39. The largest absolute Gasteiger partial charge is 0.286 e. The smallest absolute Gasteiger partial charge is 0.0418 e. The Hall–Kier alpha value is 0.230. The highest BCUT2D eigenvalue weighted by Gasteiger charge is 2.17. The normalized spacial score (nSPS) is 14.2. The van der Waals surface area contributed by atoms with Gasteiger partial charge in [0.05, 0.1) is 0 Å². The summed E-state index contributed by atoms with van der Waals surface area (Å²) in [4.78, 5) is 0. The molecule has 0 aromatic heterocycles. The SMILES string of the molecule is CCCCN(CC(C)C)S(C)(O)O. The number of unbranched alkanes of at least 4 members (excludes halogenated alkanes) is 1. The van der Waals surface area contributed by atoms with E-state index in [9.17, 15) is 9.11 Å². The van der Waals surface area contributed by atoms with Crippen LogP contribution in [0.1, 0.15) is 33.6 Å². The molecule has 0 saturated heterocycles. The molecule has 0 heterocycles. The second kappa shape index (κ2) is 5.86. The van der Waals surface area contributed by atoms with Crippen molar-refractivity contribution in [3.63, 3.8) is 0 Å². The van der Waals surface area contributed by atoms with E-state index >= 15 is 0 Å². The minimum Gasteiger partial charge on any atom is -0.286 e. The summed E-state index contributed by atoms with van der Waals surface area (Å²) in [7, 11) is -2.50. The number of rotatable bonds is 6. The van der Waals surface area contributed by atoms with Crippen molar-refractivity contribution < 1.29 is 9.11 Å². The number of hydrogen-bond acceptors (Lipinski definition) is 3. The van der Waals surface area contributed by atoms with Crippen LogP contribution in [0.15, 0.2) is 0 Å². The summed E-state index contributed by atoms with van der Waals surface area (Å²) in [6.07, 6.45) is 3.62. The zero-order valence-electron chi connectivity index (χ0n) is 9.16. The lowest BCUT2D eigenvalue weighted by atomic mass is 10.2. The molecule has 0 bridgehead atoms. The third kappa shape index (κ3) is 6.32. The molecular formula is C9H23NO2S. The molecule has 0 aromatic carbocycles. The molecule has 0 unspecified atom stereocenters. The van der Waals surface area contributed by atoms with Crippen LogP contribution in [0.2, 0.25) is 0 Å². The third-order valence-electron chi connectivity index (χ3n) is 1.82. The van der Waals surface area contributed by atoms with Crippen LogP contribution in [0.3, 0.4) is 0 Å². The average Bonchev–Trinajstić information content (AvgIpc) is 1.95. The van der Waals surface area contributed by atoms with Crippen molar-refractivity contribution in [1.82, 2.24) is 4.31 Å². The zero-order chi connectivity index (χ0) is 10.5. The molecule has 3 nitrogen and oxygen atoms in total. The van der Waals surface area contributed by atoms with Gasteiger partial charge in [-0.25, -0.2) is 4.31 Å². The van der Waals surface area contributed by atoms with Crippen LogP contribution < -0.4 is 0 Å². The summed E-state index contributed by atoms with van der Waals surface area (Å²) in [5.74, 6) is 0.475. The van der Waals surface area contributed by atoms with Crippen LogP contribution in [0.25, 0.3) is 0 Å². The predicted octanol–water partition coefficient (Wildman–Crippen LogP) is 3.04. The molecule has 0 aliphatic heterocycles. The molecule has 2 N–H and O–H groups in total. The lowest BCUT2D eigenvalue weighted by molar-refractivity contribution is 0.320. The van der Waals surface area contributed by atoms with Crippen molar-refractivity contribution in [2.24, 2.45) is 5.92 Å². The van der Waals surface area contributed by atoms with Crippen LogP contribution in [0.5, 0.6) is 0 Å². The molecule has 0 spiro atoms. The Kier molecular flexibility index (Phi) is 5.96. The Labute approximate surface area is 83.6 Å². The fourth-order valence-electron chi connectivity index (χ4n) is 1.15. The van der Waals surface area contributed by atoms with Crippen molar-refractivity contribution in [1.29, 1.82) is 0 Å². The van der Waals surface area contributed by atoms with Gasteiger partial charge in [-0.2, -0.15) is 0 Å². The van der Waals surface area contributed by atoms with Gasteiger partial charge in [0.2, 0.25) is 0 Å². The summed E-state index contributed by atoms with van der Waals surface area (Å²) in [5, 5.41) is 0. The quantitative estimate of drug-likeness (QED) is 0.706. The van der Waals surface area contributed by atoms with Crippen LogP contribution in [-0.4, -0.2) is 32.8 Å². The van der Waals surface area contributed by atoms with Gasteiger partial charge in [0.15, 0.2) is 0 Å². The zero-order valence-corrected chi connectivity index (χ0v) is 9.97. The lowest BCUT2D eigenvalue weighted by Gasteiger charge is -2.40. The van der Waals surface area contributed by atoms with Gasteiger partial charge in [-0.3, -0.25) is 9.11 Å². The molecule has 13 heavy (non-hydrogen) atoms. The molecule has 82 valence electrons. The van der Waals surface area contributed by atoms with Crippen LogP contribution in [0, 0.1) is 5.92 Å². The minimum atomic E-state index is -2.50. The van der Waals surface area contributed by atoms with Crippen LogP contribution >= 0.6 is 10.8 Å². The fraction of sp³-hybridized carbons (Fsp3) is 1.00. The van der Waals surface area contributed by atoms with Gasteiger partial charge in [-0.05, 0) is 12.3 Å². The predicted molar refractivity (Wildman–Crippen MR) is 60.1 cm³/mol. The molecule has 0 rings (SSSR count). The van der Waals surface area contributed by atoms with Gasteiger partial charge in [0.25, 0.3) is 0 Å². The number of nitrogens with zero attached hydrogens (tertiary/aromatic N) is 1. The van der Waals surface area contributed by atoms with Gasteiger partial charge >= 0.3 is 0 Å². The Bertz CT molecular complexity index is 134. The standard InChI is InChI=1S/C9H23NO2S/c1-5-6-7-10(8-9(2)3)13(4,11)12/h9,11-12H,5-8H2,1-4H3. The van der Waals surface area contributed by atoms with Crippen molar-refractivity contribution in [2.75, 3.05) is 19.3 Å². The molecule has 4 heteroatoms. The molecular weight excluding hydrogens is 186 g/mol. The van der Waals surface area contributed by atoms with E-state index < -0.39 is 10.8 Å². The van der Waals surface area contributed by atoms with Crippen molar-refractivity contribution in [3.05, 3.63) is 0 Å². The van der Waals surface area contributed by atoms with Crippen molar-refractivity contribution in [2.45, 2.75) is 33.6 Å². The Morgan fingerprint density at radius 2 is 1.85 bits per heavy atom. The van der Waals surface area contributed by atoms with E-state index in [0.717, 1.165) is 25.9 Å². The monoisotopic (exact) mass is 209 g/mol. The van der Waals surface area contributed by atoms with Crippen LogP contribution in [-0.2, 0) is 0 Å². The maximum Gasteiger partial charge on any atom is 0.0418 e. The lowest BCUT2D eigenvalue weighted by Crippen LogP contribution is -2.31. The molecule has 0 atom stereocenters. The first-order chi connectivity index (χ1) is 5.88. The summed E-state index contributed by atoms with van der Waals surface area (Å²) in [5.41, 5.74) is 0. The highest BCUT2D eigenvalue weighted by molar-refractivity contribution is 8.21. The van der Waals surface area contributed by atoms with E-state index in [2.05, 4.69) is 20.8 Å². The maximum absolute atomic E-state index is 9.52. The van der Waals surface area contributed by atoms with Gasteiger partial charge in [-0.1, -0.05) is 27.2 Å². The van der Waals surface area contributed by atoms with E-state index in [0.29, 0.717) is 5.92 Å². The Morgan fingerprint density at radius 1 is 1.31 bits per heavy atom. The van der Waals surface area contributed by atoms with Gasteiger partial charge in [0, 0.05) is 19.3 Å². The molecule has 0 amide bonds. The van der Waals surface area contributed by atoms with Gasteiger partial charge in [0.1, 0.15) is 0 Å². The summed E-state index contributed by atoms with van der Waals surface area (Å²) in [6, 6.07) is 0. The van der Waals surface area contributed by atoms with Gasteiger partial charge in [-0.15, -0.1) is 10.8 Å². The molecule has 0 aromatic rings. The van der Waals surface area contributed by atoms with Crippen LogP contribution in [0.4, 0.5) is 0 Å². The third-order valence-corrected chi connectivity index (χ3v) is 3.13. The second-order valence-corrected chi connectivity index (χ2v) is 6.03. The summed E-state index contributed by atoms with van der Waals surface area (Å²) in [6.45, 7) is 7.83. The van der Waals surface area contributed by atoms with Crippen molar-refractivity contribution >= 4 is 10.8 Å². The molecule has 0 radical (unpaired) electrons. The minimum absolute atomic E-state index is 0.475. The van der Waals surface area contributed by atoms with E-state index in [-0.39, 0.29) is 0 Å². The van der Waals surface area contributed by atoms with E-state index in [1.165, 1.54) is 6.26 Å². The molecule has 0 saturated carbocycles. The number of hydrogen-bond donors (Lipinski definition) is 2. The van der Waals surface area contributed by atoms with Crippen molar-refractivity contribution in [3.8, 4) is 0 Å². The van der Waals surface area contributed by atoms with Gasteiger partial charge < -0.3 is 0 Å². The Morgan fingerprint density at radius 3 is 2.15 bits per heavy atom. The first kappa shape index (κ1) is 13.2.